The Labute approximate surface area is 169 Å². The number of nitrogens with zero attached hydrogens (tertiary/aromatic N) is 3. The molecule has 0 unspecified atom stereocenters. The molecule has 0 aliphatic carbocycles. The molecule has 3 heterocycles. The number of fused-ring (bicyclic) bond motifs is 2. The molecule has 0 bridgehead atoms. The van der Waals surface area contributed by atoms with Gasteiger partial charge in [-0.25, -0.2) is 13.8 Å². The summed E-state index contributed by atoms with van der Waals surface area (Å²) in [6, 6.07) is 9.61. The van der Waals surface area contributed by atoms with E-state index in [2.05, 4.69) is 15.1 Å². The van der Waals surface area contributed by atoms with E-state index in [4.69, 9.17) is 5.73 Å². The van der Waals surface area contributed by atoms with Crippen molar-refractivity contribution in [3.05, 3.63) is 77.8 Å². The lowest BCUT2D eigenvalue weighted by atomic mass is 9.99. The van der Waals surface area contributed by atoms with E-state index in [0.29, 0.717) is 11.0 Å². The first-order chi connectivity index (χ1) is 14.4. The molecule has 6 nitrogen and oxygen atoms in total. The number of pyridine rings is 1. The van der Waals surface area contributed by atoms with Gasteiger partial charge in [-0.1, -0.05) is 6.07 Å². The van der Waals surface area contributed by atoms with Crippen LogP contribution >= 0.6 is 0 Å². The van der Waals surface area contributed by atoms with Gasteiger partial charge in [-0.15, -0.1) is 0 Å². The van der Waals surface area contributed by atoms with Crippen LogP contribution < -0.4 is 5.73 Å². The number of hydrogen-bond donors (Lipinski definition) is 2. The molecule has 0 saturated carbocycles. The topological polar surface area (TPSA) is 89.6 Å². The number of carbonyl (C=O) groups is 1. The number of ketones is 1. The van der Waals surface area contributed by atoms with Gasteiger partial charge >= 0.3 is 0 Å². The van der Waals surface area contributed by atoms with Crippen LogP contribution in [0, 0.1) is 11.6 Å². The first kappa shape index (κ1) is 18.0. The van der Waals surface area contributed by atoms with Crippen LogP contribution in [0.1, 0.15) is 15.9 Å². The molecule has 0 saturated heterocycles. The summed E-state index contributed by atoms with van der Waals surface area (Å²) in [5.41, 5.74) is 7.61. The molecule has 0 amide bonds. The number of H-pyrrole nitrogens is 1. The molecule has 0 aliphatic heterocycles. The van der Waals surface area contributed by atoms with E-state index in [1.54, 1.807) is 16.9 Å². The molecule has 148 valence electrons. The molecule has 3 N–H and O–H groups in total. The Morgan fingerprint density at radius 3 is 2.80 bits per heavy atom. The maximum Gasteiger partial charge on any atom is 0.201 e. The lowest BCUT2D eigenvalue weighted by Gasteiger charge is -2.06. The van der Waals surface area contributed by atoms with Crippen molar-refractivity contribution in [2.24, 2.45) is 7.05 Å². The SMILES string of the molecule is Cn1cc2cc(-c3cnc4[nH]cc(C(=O)c5c(F)ccc(N)c5F)c4c3)ccc2n1. The number of benzene rings is 2. The highest BCUT2D eigenvalue weighted by molar-refractivity contribution is 6.16. The van der Waals surface area contributed by atoms with Gasteiger partial charge in [-0.3, -0.25) is 9.48 Å². The van der Waals surface area contributed by atoms with Gasteiger partial charge in [0.05, 0.1) is 16.8 Å². The molecule has 2 aromatic carbocycles. The fourth-order valence-electron chi connectivity index (χ4n) is 3.59. The van der Waals surface area contributed by atoms with Gasteiger partial charge in [-0.2, -0.15) is 5.10 Å². The third-order valence-corrected chi connectivity index (χ3v) is 5.08. The zero-order valence-electron chi connectivity index (χ0n) is 15.8. The summed E-state index contributed by atoms with van der Waals surface area (Å²) in [5.74, 6) is -2.84. The molecular weight excluding hydrogens is 388 g/mol. The van der Waals surface area contributed by atoms with Crippen molar-refractivity contribution >= 4 is 33.4 Å². The molecule has 30 heavy (non-hydrogen) atoms. The van der Waals surface area contributed by atoms with Gasteiger partial charge in [0.1, 0.15) is 11.5 Å². The highest BCUT2D eigenvalue weighted by Crippen LogP contribution is 2.29. The minimum atomic E-state index is -1.07. The van der Waals surface area contributed by atoms with Crippen molar-refractivity contribution in [1.82, 2.24) is 19.7 Å². The second kappa shape index (κ2) is 6.48. The average molecular weight is 403 g/mol. The van der Waals surface area contributed by atoms with Crippen molar-refractivity contribution in [3.8, 4) is 11.1 Å². The third kappa shape index (κ3) is 2.73. The van der Waals surface area contributed by atoms with Crippen LogP contribution in [0.2, 0.25) is 0 Å². The molecule has 0 atom stereocenters. The van der Waals surface area contributed by atoms with E-state index in [-0.39, 0.29) is 11.3 Å². The van der Waals surface area contributed by atoms with E-state index in [9.17, 15) is 13.6 Å². The van der Waals surface area contributed by atoms with Crippen LogP contribution in [0.25, 0.3) is 33.1 Å². The fourth-order valence-corrected chi connectivity index (χ4v) is 3.59. The predicted molar refractivity (Wildman–Crippen MR) is 110 cm³/mol. The van der Waals surface area contributed by atoms with Crippen molar-refractivity contribution in [3.63, 3.8) is 0 Å². The summed E-state index contributed by atoms with van der Waals surface area (Å²) in [6.45, 7) is 0. The molecule has 5 aromatic rings. The third-order valence-electron chi connectivity index (χ3n) is 5.08. The standard InChI is InChI=1S/C22H15F2N5O/c1-29-10-13-6-11(2-5-18(13)28-29)12-7-14-15(9-27-22(14)26-8-12)21(30)19-16(23)3-4-17(25)20(19)24/h2-10H,25H2,1H3,(H,26,27). The molecule has 0 fully saturated rings. The maximum absolute atomic E-state index is 14.4. The van der Waals surface area contributed by atoms with Crippen LogP contribution in [0.15, 0.2) is 55.0 Å². The van der Waals surface area contributed by atoms with Gasteiger partial charge < -0.3 is 10.7 Å². The molecule has 5 rings (SSSR count). The Bertz CT molecular complexity index is 1470. The monoisotopic (exact) mass is 403 g/mol. The minimum absolute atomic E-state index is 0.116. The molecule has 3 aromatic heterocycles. The predicted octanol–water partition coefficient (Wildman–Crippen LogP) is 4.21. The van der Waals surface area contributed by atoms with E-state index in [1.165, 1.54) is 6.20 Å². The number of halogens is 2. The summed E-state index contributed by atoms with van der Waals surface area (Å²) in [6.07, 6.45) is 4.98. The van der Waals surface area contributed by atoms with Crippen LogP contribution in [-0.2, 0) is 7.05 Å². The van der Waals surface area contributed by atoms with Gasteiger partial charge in [-0.05, 0) is 35.9 Å². The Hall–Kier alpha value is -4.07. The maximum atomic E-state index is 14.4. The number of nitrogens with one attached hydrogen (secondary N) is 1. The second-order valence-corrected chi connectivity index (χ2v) is 7.05. The van der Waals surface area contributed by atoms with Crippen molar-refractivity contribution in [1.29, 1.82) is 0 Å². The normalized spacial score (nSPS) is 11.4. The zero-order chi connectivity index (χ0) is 21.0. The number of carbonyl (C=O) groups excluding carboxylic acids is 1. The number of nitrogen functional groups attached to an aromatic ring is 1. The van der Waals surface area contributed by atoms with Gasteiger partial charge in [0.2, 0.25) is 5.78 Å². The quantitative estimate of drug-likeness (QED) is 0.349. The van der Waals surface area contributed by atoms with E-state index >= 15 is 0 Å². The number of nitrogens with two attached hydrogens (primary N) is 1. The van der Waals surface area contributed by atoms with Crippen LogP contribution in [0.3, 0.4) is 0 Å². The fraction of sp³-hybridized carbons (Fsp3) is 0.0455. The molecule has 0 spiro atoms. The van der Waals surface area contributed by atoms with Crippen LogP contribution in [0.5, 0.6) is 0 Å². The molecular formula is C22H15F2N5O. The van der Waals surface area contributed by atoms with Crippen molar-refractivity contribution in [2.75, 3.05) is 5.73 Å². The van der Waals surface area contributed by atoms with Crippen LogP contribution in [-0.4, -0.2) is 25.5 Å². The van der Waals surface area contributed by atoms with Gasteiger partial charge in [0.25, 0.3) is 0 Å². The summed E-state index contributed by atoms with van der Waals surface area (Å²) >= 11 is 0. The Kier molecular flexibility index (Phi) is 3.89. The Balaban J connectivity index is 1.64. The highest BCUT2D eigenvalue weighted by Gasteiger charge is 2.24. The van der Waals surface area contributed by atoms with Gasteiger partial charge in [0, 0.05) is 47.5 Å². The molecule has 0 radical (unpaired) electrons. The largest absolute Gasteiger partial charge is 0.396 e. The number of aryl methyl sites for hydroxylation is 1. The minimum Gasteiger partial charge on any atom is -0.396 e. The van der Waals surface area contributed by atoms with E-state index in [1.807, 2.05) is 31.4 Å². The lowest BCUT2D eigenvalue weighted by Crippen LogP contribution is -2.09. The summed E-state index contributed by atoms with van der Waals surface area (Å²) in [5, 5.41) is 5.78. The van der Waals surface area contributed by atoms with E-state index < -0.39 is 23.0 Å². The van der Waals surface area contributed by atoms with E-state index in [0.717, 1.165) is 34.2 Å². The number of aromatic nitrogens is 4. The summed E-state index contributed by atoms with van der Waals surface area (Å²) in [7, 11) is 1.85. The number of rotatable bonds is 3. The number of aromatic amines is 1. The highest BCUT2D eigenvalue weighted by atomic mass is 19.1. The average Bonchev–Trinajstić information content (AvgIpc) is 3.32. The smallest absolute Gasteiger partial charge is 0.201 e. The second-order valence-electron chi connectivity index (χ2n) is 7.05. The number of anilines is 1. The summed E-state index contributed by atoms with van der Waals surface area (Å²) in [4.78, 5) is 20.2. The first-order valence-corrected chi connectivity index (χ1v) is 9.11. The molecule has 0 aliphatic rings. The Morgan fingerprint density at radius 1 is 1.13 bits per heavy atom. The zero-order valence-corrected chi connectivity index (χ0v) is 15.8. The summed E-state index contributed by atoms with van der Waals surface area (Å²) < 4.78 is 30.3. The molecule has 8 heteroatoms. The Morgan fingerprint density at radius 2 is 1.97 bits per heavy atom. The van der Waals surface area contributed by atoms with Gasteiger partial charge in [0.15, 0.2) is 5.82 Å². The first-order valence-electron chi connectivity index (χ1n) is 9.11. The van der Waals surface area contributed by atoms with Crippen molar-refractivity contribution < 1.29 is 13.6 Å². The lowest BCUT2D eigenvalue weighted by molar-refractivity contribution is 0.103. The van der Waals surface area contributed by atoms with Crippen LogP contribution in [0.4, 0.5) is 14.5 Å². The van der Waals surface area contributed by atoms with Crippen molar-refractivity contribution in [2.45, 2.75) is 0 Å². The number of hydrogen-bond acceptors (Lipinski definition) is 4.